The molecule has 2 aromatic rings. The molecule has 8 nitrogen and oxygen atoms in total. The van der Waals surface area contributed by atoms with E-state index in [9.17, 15) is 13.2 Å². The second-order valence-electron chi connectivity index (χ2n) is 6.93. The largest absolute Gasteiger partial charge is 0.468 e. The minimum Gasteiger partial charge on any atom is -0.468 e. The topological polar surface area (TPSA) is 92.1 Å². The molecule has 1 aromatic carbocycles. The van der Waals surface area contributed by atoms with Crippen LogP contribution in [0.25, 0.3) is 0 Å². The van der Waals surface area contributed by atoms with E-state index in [0.717, 1.165) is 24.1 Å². The van der Waals surface area contributed by atoms with E-state index in [1.165, 1.54) is 22.7 Å². The Bertz CT molecular complexity index is 897. The maximum Gasteiger partial charge on any atom is 0.243 e. The van der Waals surface area contributed by atoms with E-state index in [4.69, 9.17) is 9.15 Å². The van der Waals surface area contributed by atoms with Gasteiger partial charge in [0.2, 0.25) is 15.9 Å². The van der Waals surface area contributed by atoms with Crippen LogP contribution in [0.1, 0.15) is 12.2 Å². The molecule has 0 bridgehead atoms. The van der Waals surface area contributed by atoms with Crippen LogP contribution in [-0.2, 0) is 26.1 Å². The van der Waals surface area contributed by atoms with Gasteiger partial charge < -0.3 is 14.5 Å². The summed E-state index contributed by atoms with van der Waals surface area (Å²) in [6, 6.07) is 9.85. The number of nitrogens with zero attached hydrogens (tertiary/aromatic N) is 2. The standard InChI is InChI=1S/C20H26BrN3O5S/c21-17-3-5-19(6-4-17)30(26,27)24(16-18-2-1-13-29-18)9-7-20(25)22-8-10-23-11-14-28-15-12-23/h1-6,13H,7-12,14-16H2,(H,22,25). The normalized spacial score (nSPS) is 15.4. The average molecular weight is 500 g/mol. The van der Waals surface area contributed by atoms with Crippen molar-refractivity contribution in [2.45, 2.75) is 17.9 Å². The van der Waals surface area contributed by atoms with Gasteiger partial charge in [-0.3, -0.25) is 9.69 Å². The third kappa shape index (κ3) is 6.64. The van der Waals surface area contributed by atoms with Crippen molar-refractivity contribution in [2.75, 3.05) is 45.9 Å². The highest BCUT2D eigenvalue weighted by molar-refractivity contribution is 9.10. The molecule has 0 aliphatic carbocycles. The third-order valence-corrected chi connectivity index (χ3v) is 7.19. The highest BCUT2D eigenvalue weighted by Gasteiger charge is 2.26. The number of nitrogens with one attached hydrogen (secondary N) is 1. The van der Waals surface area contributed by atoms with Crippen molar-refractivity contribution in [2.24, 2.45) is 0 Å². The highest BCUT2D eigenvalue weighted by Crippen LogP contribution is 2.21. The molecule has 0 saturated carbocycles. The first-order valence-electron chi connectivity index (χ1n) is 9.80. The Balaban J connectivity index is 1.58. The number of hydrogen-bond acceptors (Lipinski definition) is 6. The summed E-state index contributed by atoms with van der Waals surface area (Å²) in [5, 5.41) is 2.87. The van der Waals surface area contributed by atoms with E-state index >= 15 is 0 Å². The number of ether oxygens (including phenoxy) is 1. The van der Waals surface area contributed by atoms with Crippen LogP contribution in [0, 0.1) is 0 Å². The number of carbonyl (C=O) groups excluding carboxylic acids is 1. The van der Waals surface area contributed by atoms with Crippen molar-refractivity contribution in [3.05, 3.63) is 52.9 Å². The number of morpholine rings is 1. The zero-order valence-electron chi connectivity index (χ0n) is 16.6. The van der Waals surface area contributed by atoms with Crippen molar-refractivity contribution in [1.82, 2.24) is 14.5 Å². The molecule has 1 aliphatic heterocycles. The Morgan fingerprint density at radius 2 is 1.90 bits per heavy atom. The number of amides is 1. The minimum atomic E-state index is -3.78. The van der Waals surface area contributed by atoms with Gasteiger partial charge in [0.15, 0.2) is 0 Å². The fraction of sp³-hybridized carbons (Fsp3) is 0.450. The van der Waals surface area contributed by atoms with Gasteiger partial charge >= 0.3 is 0 Å². The fourth-order valence-electron chi connectivity index (χ4n) is 3.11. The molecular formula is C20H26BrN3O5S. The van der Waals surface area contributed by atoms with E-state index in [1.807, 2.05) is 0 Å². The van der Waals surface area contributed by atoms with Gasteiger partial charge in [-0.1, -0.05) is 15.9 Å². The number of sulfonamides is 1. The summed E-state index contributed by atoms with van der Waals surface area (Å²) < 4.78 is 38.9. The van der Waals surface area contributed by atoms with Gasteiger partial charge in [0, 0.05) is 43.6 Å². The van der Waals surface area contributed by atoms with Crippen LogP contribution in [0.3, 0.4) is 0 Å². The van der Waals surface area contributed by atoms with Gasteiger partial charge in [0.1, 0.15) is 5.76 Å². The molecule has 10 heteroatoms. The number of halogens is 1. The molecule has 0 radical (unpaired) electrons. The van der Waals surface area contributed by atoms with Crippen molar-refractivity contribution < 1.29 is 22.4 Å². The van der Waals surface area contributed by atoms with E-state index in [2.05, 4.69) is 26.1 Å². The van der Waals surface area contributed by atoms with Crippen molar-refractivity contribution in [1.29, 1.82) is 0 Å². The second kappa shape index (κ2) is 11.1. The summed E-state index contributed by atoms with van der Waals surface area (Å²) in [6.07, 6.45) is 1.57. The molecule has 1 aromatic heterocycles. The third-order valence-electron chi connectivity index (χ3n) is 4.81. The van der Waals surface area contributed by atoms with Gasteiger partial charge in [-0.25, -0.2) is 8.42 Å². The molecule has 164 valence electrons. The van der Waals surface area contributed by atoms with Gasteiger partial charge in [-0.2, -0.15) is 4.31 Å². The molecule has 3 rings (SSSR count). The summed E-state index contributed by atoms with van der Waals surface area (Å²) in [5.74, 6) is 0.335. The minimum absolute atomic E-state index is 0.0580. The lowest BCUT2D eigenvalue weighted by Crippen LogP contribution is -2.42. The summed E-state index contributed by atoms with van der Waals surface area (Å²) in [6.45, 7) is 4.54. The molecular weight excluding hydrogens is 474 g/mol. The Morgan fingerprint density at radius 1 is 1.17 bits per heavy atom. The molecule has 2 heterocycles. The smallest absolute Gasteiger partial charge is 0.243 e. The number of benzene rings is 1. The average Bonchev–Trinajstić information content (AvgIpc) is 3.25. The molecule has 30 heavy (non-hydrogen) atoms. The van der Waals surface area contributed by atoms with E-state index in [0.29, 0.717) is 25.5 Å². The van der Waals surface area contributed by atoms with Crippen LogP contribution in [0.5, 0.6) is 0 Å². The van der Waals surface area contributed by atoms with Gasteiger partial charge in [-0.05, 0) is 36.4 Å². The lowest BCUT2D eigenvalue weighted by atomic mass is 10.3. The zero-order chi connectivity index (χ0) is 21.4. The monoisotopic (exact) mass is 499 g/mol. The number of rotatable bonds is 10. The van der Waals surface area contributed by atoms with Crippen LogP contribution >= 0.6 is 15.9 Å². The second-order valence-corrected chi connectivity index (χ2v) is 9.78. The van der Waals surface area contributed by atoms with Crippen LogP contribution in [0.2, 0.25) is 0 Å². The number of carbonyl (C=O) groups is 1. The molecule has 0 unspecified atom stereocenters. The Labute approximate surface area is 185 Å². The van der Waals surface area contributed by atoms with E-state index in [-0.39, 0.29) is 30.3 Å². The van der Waals surface area contributed by atoms with E-state index < -0.39 is 10.0 Å². The van der Waals surface area contributed by atoms with Crippen molar-refractivity contribution in [3.8, 4) is 0 Å². The molecule has 1 N–H and O–H groups in total. The summed E-state index contributed by atoms with van der Waals surface area (Å²) in [7, 11) is -3.78. The maximum absolute atomic E-state index is 13.1. The predicted molar refractivity (Wildman–Crippen MR) is 115 cm³/mol. The zero-order valence-corrected chi connectivity index (χ0v) is 19.0. The van der Waals surface area contributed by atoms with Crippen LogP contribution in [0.15, 0.2) is 56.4 Å². The molecule has 1 fully saturated rings. The lowest BCUT2D eigenvalue weighted by Gasteiger charge is -2.26. The molecule has 1 aliphatic rings. The van der Waals surface area contributed by atoms with Crippen molar-refractivity contribution >= 4 is 31.9 Å². The Kier molecular flexibility index (Phi) is 8.46. The molecule has 1 amide bonds. The Morgan fingerprint density at radius 3 is 2.57 bits per heavy atom. The van der Waals surface area contributed by atoms with Crippen LogP contribution < -0.4 is 5.32 Å². The van der Waals surface area contributed by atoms with Crippen molar-refractivity contribution in [3.63, 3.8) is 0 Å². The first-order chi connectivity index (χ1) is 14.4. The highest BCUT2D eigenvalue weighted by atomic mass is 79.9. The van der Waals surface area contributed by atoms with Crippen LogP contribution in [-0.4, -0.2) is 69.5 Å². The van der Waals surface area contributed by atoms with Gasteiger partial charge in [0.05, 0.1) is 30.9 Å². The lowest BCUT2D eigenvalue weighted by molar-refractivity contribution is -0.121. The predicted octanol–water partition coefficient (Wildman–Crippen LogP) is 2.07. The molecule has 0 spiro atoms. The van der Waals surface area contributed by atoms with Crippen LogP contribution in [0.4, 0.5) is 0 Å². The first kappa shape index (κ1) is 23.0. The summed E-state index contributed by atoms with van der Waals surface area (Å²) >= 11 is 3.31. The first-order valence-corrected chi connectivity index (χ1v) is 12.0. The van der Waals surface area contributed by atoms with Gasteiger partial charge in [-0.15, -0.1) is 0 Å². The number of hydrogen-bond donors (Lipinski definition) is 1. The SMILES string of the molecule is O=C(CCN(Cc1ccco1)S(=O)(=O)c1ccc(Br)cc1)NCCN1CCOCC1. The summed E-state index contributed by atoms with van der Waals surface area (Å²) in [4.78, 5) is 14.7. The molecule has 0 atom stereocenters. The maximum atomic E-state index is 13.1. The fourth-order valence-corrected chi connectivity index (χ4v) is 4.78. The Hall–Kier alpha value is -1.72. The quantitative estimate of drug-likeness (QED) is 0.537. The van der Waals surface area contributed by atoms with E-state index in [1.54, 1.807) is 24.3 Å². The summed E-state index contributed by atoms with van der Waals surface area (Å²) in [5.41, 5.74) is 0. The number of furan rings is 1. The van der Waals surface area contributed by atoms with Gasteiger partial charge in [0.25, 0.3) is 0 Å². The molecule has 1 saturated heterocycles.